The van der Waals surface area contributed by atoms with Crippen molar-refractivity contribution in [2.24, 2.45) is 0 Å². The van der Waals surface area contributed by atoms with Gasteiger partial charge in [0.15, 0.2) is 0 Å². The number of rotatable bonds is 9. The molecule has 0 spiro atoms. The van der Waals surface area contributed by atoms with E-state index in [1.165, 1.54) is 0 Å². The van der Waals surface area contributed by atoms with E-state index in [1.807, 2.05) is 44.2 Å². The Morgan fingerprint density at radius 2 is 1.90 bits per heavy atom. The quantitative estimate of drug-likeness (QED) is 0.422. The number of carbonyl (C=O) groups is 1. The number of aryl methyl sites for hydroxylation is 2. The highest BCUT2D eigenvalue weighted by molar-refractivity contribution is 7.90. The Labute approximate surface area is 236 Å². The van der Waals surface area contributed by atoms with Crippen LogP contribution in [0.1, 0.15) is 39.9 Å². The summed E-state index contributed by atoms with van der Waals surface area (Å²) in [5, 5.41) is 0. The van der Waals surface area contributed by atoms with Gasteiger partial charge in [-0.2, -0.15) is 12.7 Å². The van der Waals surface area contributed by atoms with Crippen molar-refractivity contribution in [3.05, 3.63) is 89.2 Å². The van der Waals surface area contributed by atoms with Crippen LogP contribution in [0.5, 0.6) is 5.75 Å². The molecule has 3 atom stereocenters. The molecule has 212 valence electrons. The lowest BCUT2D eigenvalue weighted by atomic mass is 10.0. The molecular weight excluding hydrogens is 528 g/mol. The maximum absolute atomic E-state index is 13.4. The van der Waals surface area contributed by atoms with Crippen molar-refractivity contribution in [3.63, 3.8) is 0 Å². The van der Waals surface area contributed by atoms with Crippen LogP contribution in [-0.4, -0.2) is 73.5 Å². The highest BCUT2D eigenvalue weighted by Crippen LogP contribution is 2.28. The number of hydrogen-bond acceptors (Lipinski definition) is 6. The maximum Gasteiger partial charge on any atom is 0.301 e. The van der Waals surface area contributed by atoms with Crippen molar-refractivity contribution >= 4 is 21.8 Å². The van der Waals surface area contributed by atoms with Gasteiger partial charge in [0.2, 0.25) is 0 Å². The van der Waals surface area contributed by atoms with Crippen molar-refractivity contribution in [1.29, 1.82) is 0 Å². The standard InChI is InChI=1S/C30H36N4O5S/c1-21-11-12-22(2)27(15-21)30(35)33-19-28(38-3)29(20-33)39-26-10-4-8-24(17-26)32-40(36,37)34-14-6-9-25(34)16-23-7-5-13-31-18-23/h4-5,7-8,10-13,15,17-18,25,28-29,32H,6,9,14,16,19-20H2,1-3H3. The van der Waals surface area contributed by atoms with Crippen LogP contribution in [0.2, 0.25) is 0 Å². The van der Waals surface area contributed by atoms with Crippen LogP contribution in [0.4, 0.5) is 5.69 Å². The zero-order valence-electron chi connectivity index (χ0n) is 23.1. The summed E-state index contributed by atoms with van der Waals surface area (Å²) in [7, 11) is -2.16. The van der Waals surface area contributed by atoms with Gasteiger partial charge in [-0.3, -0.25) is 14.5 Å². The highest BCUT2D eigenvalue weighted by atomic mass is 32.2. The fraction of sp³-hybridized carbons (Fsp3) is 0.400. The van der Waals surface area contributed by atoms with Gasteiger partial charge in [0.1, 0.15) is 18.0 Å². The molecule has 9 nitrogen and oxygen atoms in total. The monoisotopic (exact) mass is 564 g/mol. The highest BCUT2D eigenvalue weighted by Gasteiger charge is 2.38. The van der Waals surface area contributed by atoms with Gasteiger partial charge in [0.05, 0.1) is 18.8 Å². The molecule has 0 saturated carbocycles. The van der Waals surface area contributed by atoms with Gasteiger partial charge in [-0.05, 0) is 68.5 Å². The lowest BCUT2D eigenvalue weighted by Gasteiger charge is -2.25. The average Bonchev–Trinajstić information content (AvgIpc) is 3.57. The van der Waals surface area contributed by atoms with E-state index < -0.39 is 16.3 Å². The van der Waals surface area contributed by atoms with E-state index in [1.54, 1.807) is 53.0 Å². The molecule has 0 radical (unpaired) electrons. The van der Waals surface area contributed by atoms with Gasteiger partial charge in [-0.1, -0.05) is 29.8 Å². The molecule has 0 bridgehead atoms. The van der Waals surface area contributed by atoms with E-state index in [-0.39, 0.29) is 18.1 Å². The van der Waals surface area contributed by atoms with Gasteiger partial charge in [-0.25, -0.2) is 0 Å². The predicted octanol–water partition coefficient (Wildman–Crippen LogP) is 3.98. The smallest absolute Gasteiger partial charge is 0.301 e. The number of amides is 1. The first-order chi connectivity index (χ1) is 19.2. The molecule has 10 heteroatoms. The summed E-state index contributed by atoms with van der Waals surface area (Å²) in [6.45, 7) is 5.14. The van der Waals surface area contributed by atoms with Gasteiger partial charge in [-0.15, -0.1) is 0 Å². The summed E-state index contributed by atoms with van der Waals surface area (Å²) in [6, 6.07) is 16.5. The summed E-state index contributed by atoms with van der Waals surface area (Å²) in [5.41, 5.74) is 4.06. The maximum atomic E-state index is 13.4. The summed E-state index contributed by atoms with van der Waals surface area (Å²) < 4.78 is 42.9. The number of anilines is 1. The molecule has 3 heterocycles. The fourth-order valence-electron chi connectivity index (χ4n) is 5.52. The molecule has 5 rings (SSSR count). The molecule has 2 fully saturated rings. The Balaban J connectivity index is 1.25. The van der Waals surface area contributed by atoms with Crippen LogP contribution < -0.4 is 9.46 Å². The topological polar surface area (TPSA) is 101 Å². The summed E-state index contributed by atoms with van der Waals surface area (Å²) in [4.78, 5) is 19.2. The van der Waals surface area contributed by atoms with Crippen LogP contribution in [-0.2, 0) is 21.4 Å². The van der Waals surface area contributed by atoms with Crippen LogP contribution >= 0.6 is 0 Å². The number of aromatic nitrogens is 1. The number of methoxy groups -OCH3 is 1. The van der Waals surface area contributed by atoms with Crippen molar-refractivity contribution in [2.45, 2.75) is 51.4 Å². The zero-order valence-corrected chi connectivity index (χ0v) is 23.9. The Hall–Kier alpha value is -3.47. The molecule has 3 aromatic rings. The Morgan fingerprint density at radius 3 is 2.67 bits per heavy atom. The molecule has 3 unspecified atom stereocenters. The molecule has 40 heavy (non-hydrogen) atoms. The first kappa shape index (κ1) is 28.1. The van der Waals surface area contributed by atoms with Gasteiger partial charge in [0, 0.05) is 43.7 Å². The fourth-order valence-corrected chi connectivity index (χ4v) is 7.01. The second-order valence-corrected chi connectivity index (χ2v) is 12.2. The molecule has 2 aliphatic heterocycles. The number of hydrogen-bond donors (Lipinski definition) is 1. The molecule has 2 aliphatic rings. The molecule has 0 aliphatic carbocycles. The SMILES string of the molecule is COC1CN(C(=O)c2cc(C)ccc2C)CC1Oc1cccc(NS(=O)(=O)N2CCCC2Cc2cccnc2)c1. The Bertz CT molecular complexity index is 1450. The molecule has 1 aromatic heterocycles. The van der Waals surface area contributed by atoms with Crippen LogP contribution in [0.15, 0.2) is 67.0 Å². The van der Waals surface area contributed by atoms with E-state index in [4.69, 9.17) is 9.47 Å². The van der Waals surface area contributed by atoms with Crippen LogP contribution in [0.3, 0.4) is 0 Å². The van der Waals surface area contributed by atoms with Gasteiger partial charge >= 0.3 is 10.2 Å². The van der Waals surface area contributed by atoms with E-state index in [2.05, 4.69) is 9.71 Å². The third kappa shape index (κ3) is 6.29. The summed E-state index contributed by atoms with van der Waals surface area (Å²) in [5.74, 6) is 0.448. The second kappa shape index (κ2) is 12.0. The van der Waals surface area contributed by atoms with E-state index in [0.717, 1.165) is 29.5 Å². The van der Waals surface area contributed by atoms with Crippen LogP contribution in [0, 0.1) is 13.8 Å². The first-order valence-electron chi connectivity index (χ1n) is 13.6. The molecule has 1 N–H and O–H groups in total. The first-order valence-corrected chi connectivity index (χ1v) is 15.0. The molecule has 2 saturated heterocycles. The van der Waals surface area contributed by atoms with E-state index in [9.17, 15) is 13.2 Å². The van der Waals surface area contributed by atoms with Crippen molar-refractivity contribution < 1.29 is 22.7 Å². The summed E-state index contributed by atoms with van der Waals surface area (Å²) >= 11 is 0. The largest absolute Gasteiger partial charge is 0.486 e. The number of nitrogens with zero attached hydrogens (tertiary/aromatic N) is 3. The normalized spacial score (nSPS) is 21.5. The van der Waals surface area contributed by atoms with Crippen LogP contribution in [0.25, 0.3) is 0 Å². The predicted molar refractivity (Wildman–Crippen MR) is 154 cm³/mol. The molecular formula is C30H36N4O5S. The number of benzene rings is 2. The van der Waals surface area contributed by atoms with Gasteiger partial charge in [0.25, 0.3) is 5.91 Å². The minimum absolute atomic E-state index is 0.0534. The third-order valence-electron chi connectivity index (χ3n) is 7.62. The lowest BCUT2D eigenvalue weighted by molar-refractivity contribution is 0.0340. The number of ether oxygens (including phenoxy) is 2. The lowest BCUT2D eigenvalue weighted by Crippen LogP contribution is -2.40. The van der Waals surface area contributed by atoms with E-state index >= 15 is 0 Å². The third-order valence-corrected chi connectivity index (χ3v) is 9.21. The molecule has 2 aromatic carbocycles. The van der Waals surface area contributed by atoms with Gasteiger partial charge < -0.3 is 14.4 Å². The number of pyridine rings is 1. The second-order valence-electron chi connectivity index (χ2n) is 10.6. The number of carbonyl (C=O) groups excluding carboxylic acids is 1. The summed E-state index contributed by atoms with van der Waals surface area (Å²) in [6.07, 6.45) is 5.02. The number of likely N-dealkylation sites (tertiary alicyclic amines) is 1. The zero-order chi connectivity index (χ0) is 28.3. The van der Waals surface area contributed by atoms with Crippen molar-refractivity contribution in [1.82, 2.24) is 14.2 Å². The van der Waals surface area contributed by atoms with Crippen molar-refractivity contribution in [2.75, 3.05) is 31.5 Å². The van der Waals surface area contributed by atoms with Crippen molar-refractivity contribution in [3.8, 4) is 5.75 Å². The Morgan fingerprint density at radius 1 is 1.07 bits per heavy atom. The van der Waals surface area contributed by atoms with E-state index in [0.29, 0.717) is 43.1 Å². The average molecular weight is 565 g/mol. The Kier molecular flexibility index (Phi) is 8.39. The minimum Gasteiger partial charge on any atom is -0.486 e. The molecule has 1 amide bonds. The minimum atomic E-state index is -3.77. The number of nitrogens with one attached hydrogen (secondary N) is 1.